The van der Waals surface area contributed by atoms with Gasteiger partial charge in [-0.25, -0.2) is 0 Å². The first-order valence-corrected chi connectivity index (χ1v) is 12.0. The van der Waals surface area contributed by atoms with E-state index >= 15 is 0 Å². The van der Waals surface area contributed by atoms with Gasteiger partial charge in [0.1, 0.15) is 0 Å². The van der Waals surface area contributed by atoms with Gasteiger partial charge in [0, 0.05) is 17.1 Å². The number of hydrogen-bond acceptors (Lipinski definition) is 1. The Balaban J connectivity index is 0.000000914. The Labute approximate surface area is 201 Å². The van der Waals surface area contributed by atoms with Gasteiger partial charge in [0.2, 0.25) is 0 Å². The molecule has 4 rings (SSSR count). The third kappa shape index (κ3) is 7.50. The molecule has 0 aliphatic heterocycles. The number of rotatable bonds is 5. The lowest BCUT2D eigenvalue weighted by Gasteiger charge is -2.25. The van der Waals surface area contributed by atoms with E-state index in [1.807, 2.05) is 27.7 Å². The molecule has 0 saturated heterocycles. The van der Waals surface area contributed by atoms with E-state index < -0.39 is 0 Å². The second-order valence-corrected chi connectivity index (χ2v) is 7.34. The molecule has 4 aromatic rings. The first-order valence-electron chi connectivity index (χ1n) is 12.0. The highest BCUT2D eigenvalue weighted by atomic mass is 15.1. The van der Waals surface area contributed by atoms with E-state index in [-0.39, 0.29) is 0 Å². The van der Waals surface area contributed by atoms with E-state index in [0.717, 1.165) is 17.1 Å². The van der Waals surface area contributed by atoms with Crippen molar-refractivity contribution in [1.82, 2.24) is 0 Å². The summed E-state index contributed by atoms with van der Waals surface area (Å²) in [5, 5.41) is 0. The topological polar surface area (TPSA) is 3.24 Å². The fourth-order valence-corrected chi connectivity index (χ4v) is 3.32. The van der Waals surface area contributed by atoms with Gasteiger partial charge >= 0.3 is 0 Å². The maximum absolute atomic E-state index is 2.28. The van der Waals surface area contributed by atoms with Crippen LogP contribution in [0, 0.1) is 13.8 Å². The molecule has 4 aromatic carbocycles. The maximum Gasteiger partial charge on any atom is 0.0462 e. The molecule has 0 aliphatic rings. The van der Waals surface area contributed by atoms with Crippen LogP contribution in [0.3, 0.4) is 0 Å². The van der Waals surface area contributed by atoms with E-state index in [1.54, 1.807) is 0 Å². The number of nitrogens with zero attached hydrogens (tertiary/aromatic N) is 1. The van der Waals surface area contributed by atoms with E-state index in [2.05, 4.69) is 134 Å². The van der Waals surface area contributed by atoms with Gasteiger partial charge in [0.15, 0.2) is 0 Å². The molecule has 0 fully saturated rings. The van der Waals surface area contributed by atoms with Crippen molar-refractivity contribution >= 4 is 29.2 Å². The van der Waals surface area contributed by atoms with Crippen molar-refractivity contribution in [3.63, 3.8) is 0 Å². The Morgan fingerprint density at radius 2 is 0.758 bits per heavy atom. The van der Waals surface area contributed by atoms with Crippen LogP contribution in [0.2, 0.25) is 0 Å². The second-order valence-electron chi connectivity index (χ2n) is 7.34. The van der Waals surface area contributed by atoms with Crippen LogP contribution in [0.25, 0.3) is 12.2 Å². The Morgan fingerprint density at radius 1 is 0.424 bits per heavy atom. The Morgan fingerprint density at radius 3 is 1.21 bits per heavy atom. The first-order chi connectivity index (χ1) is 16.2. The number of benzene rings is 4. The molecule has 0 bridgehead atoms. The monoisotopic (exact) mass is 435 g/mol. The molecule has 0 radical (unpaired) electrons. The van der Waals surface area contributed by atoms with Crippen molar-refractivity contribution in [2.45, 2.75) is 41.5 Å². The van der Waals surface area contributed by atoms with Gasteiger partial charge in [-0.1, -0.05) is 118 Å². The molecule has 0 saturated carbocycles. The summed E-state index contributed by atoms with van der Waals surface area (Å²) in [7, 11) is 0. The first kappa shape index (κ1) is 25.7. The zero-order valence-electron chi connectivity index (χ0n) is 20.9. The Kier molecular flexibility index (Phi) is 10.7. The van der Waals surface area contributed by atoms with Crippen molar-refractivity contribution in [2.24, 2.45) is 0 Å². The van der Waals surface area contributed by atoms with Gasteiger partial charge < -0.3 is 4.90 Å². The minimum Gasteiger partial charge on any atom is -0.311 e. The van der Waals surface area contributed by atoms with Crippen LogP contribution in [-0.2, 0) is 0 Å². The smallest absolute Gasteiger partial charge is 0.0462 e. The van der Waals surface area contributed by atoms with Crippen LogP contribution in [0.4, 0.5) is 17.1 Å². The molecule has 0 aromatic heterocycles. The Bertz CT molecular complexity index is 1070. The summed E-state index contributed by atoms with van der Waals surface area (Å²) in [6.07, 6.45) is 4.32. The molecule has 0 aliphatic carbocycles. The van der Waals surface area contributed by atoms with Gasteiger partial charge in [-0.15, -0.1) is 0 Å². The normalized spacial score (nSPS) is 10.0. The largest absolute Gasteiger partial charge is 0.311 e. The number of para-hydroxylation sites is 1. The standard InChI is InChI=1S/C28H25N.2C2H6/c1-22-8-12-24(13-9-22)14-15-25-16-20-28(21-17-25)29(26-6-4-3-5-7-26)27-18-10-23(2)11-19-27;2*1-2/h3-21H,1-2H3;2*1-2H3. The van der Waals surface area contributed by atoms with Gasteiger partial charge in [0.05, 0.1) is 0 Å². The van der Waals surface area contributed by atoms with Gasteiger partial charge in [0.25, 0.3) is 0 Å². The molecule has 0 spiro atoms. The fourth-order valence-electron chi connectivity index (χ4n) is 3.32. The quantitative estimate of drug-likeness (QED) is 0.282. The van der Waals surface area contributed by atoms with E-state index in [9.17, 15) is 0 Å². The van der Waals surface area contributed by atoms with Crippen molar-refractivity contribution in [3.8, 4) is 0 Å². The molecule has 1 heteroatoms. The summed E-state index contributed by atoms with van der Waals surface area (Å²) in [6, 6.07) is 36.4. The highest BCUT2D eigenvalue weighted by molar-refractivity contribution is 5.78. The lowest BCUT2D eigenvalue weighted by molar-refractivity contribution is 1.27. The van der Waals surface area contributed by atoms with Crippen molar-refractivity contribution < 1.29 is 0 Å². The molecular weight excluding hydrogens is 398 g/mol. The predicted molar refractivity (Wildman–Crippen MR) is 149 cm³/mol. The van der Waals surface area contributed by atoms with E-state index in [0.29, 0.717) is 0 Å². The summed E-state index contributed by atoms with van der Waals surface area (Å²) in [5.41, 5.74) is 8.40. The minimum absolute atomic E-state index is 1.15. The Hall–Kier alpha value is -3.58. The number of hydrogen-bond donors (Lipinski definition) is 0. The predicted octanol–water partition coefficient (Wildman–Crippen LogP) is 10.00. The minimum atomic E-state index is 1.15. The second kappa shape index (κ2) is 13.8. The van der Waals surface area contributed by atoms with Crippen LogP contribution < -0.4 is 4.90 Å². The highest BCUT2D eigenvalue weighted by Crippen LogP contribution is 2.34. The SMILES string of the molecule is CC.CC.Cc1ccc(C=Cc2ccc(N(c3ccccc3)c3ccc(C)cc3)cc2)cc1. The van der Waals surface area contributed by atoms with E-state index in [1.165, 1.54) is 22.3 Å². The van der Waals surface area contributed by atoms with Crippen LogP contribution in [0.5, 0.6) is 0 Å². The number of anilines is 3. The van der Waals surface area contributed by atoms with Crippen molar-refractivity contribution in [2.75, 3.05) is 4.90 Å². The van der Waals surface area contributed by atoms with Crippen molar-refractivity contribution in [3.05, 3.63) is 125 Å². The average Bonchev–Trinajstić information content (AvgIpc) is 2.89. The van der Waals surface area contributed by atoms with Crippen LogP contribution in [-0.4, -0.2) is 0 Å². The maximum atomic E-state index is 2.28. The fraction of sp³-hybridized carbons (Fsp3) is 0.188. The van der Waals surface area contributed by atoms with Crippen molar-refractivity contribution in [1.29, 1.82) is 0 Å². The van der Waals surface area contributed by atoms with Crippen LogP contribution in [0.15, 0.2) is 103 Å². The molecule has 0 unspecified atom stereocenters. The molecule has 170 valence electrons. The summed E-state index contributed by atoms with van der Waals surface area (Å²) in [5.74, 6) is 0. The lowest BCUT2D eigenvalue weighted by atomic mass is 10.1. The third-order valence-electron chi connectivity index (χ3n) is 5.00. The summed E-state index contributed by atoms with van der Waals surface area (Å²) in [6.45, 7) is 12.2. The summed E-state index contributed by atoms with van der Waals surface area (Å²) >= 11 is 0. The van der Waals surface area contributed by atoms with Gasteiger partial charge in [-0.05, 0) is 61.4 Å². The molecule has 0 N–H and O–H groups in total. The summed E-state index contributed by atoms with van der Waals surface area (Å²) < 4.78 is 0. The average molecular weight is 436 g/mol. The van der Waals surface area contributed by atoms with Crippen LogP contribution in [0.1, 0.15) is 49.9 Å². The highest BCUT2D eigenvalue weighted by Gasteiger charge is 2.11. The molecule has 0 heterocycles. The third-order valence-corrected chi connectivity index (χ3v) is 5.00. The van der Waals surface area contributed by atoms with E-state index in [4.69, 9.17) is 0 Å². The van der Waals surface area contributed by atoms with Gasteiger partial charge in [-0.2, -0.15) is 0 Å². The molecule has 0 atom stereocenters. The number of aryl methyl sites for hydroxylation is 2. The van der Waals surface area contributed by atoms with Gasteiger partial charge in [-0.3, -0.25) is 0 Å². The molecule has 33 heavy (non-hydrogen) atoms. The zero-order valence-corrected chi connectivity index (χ0v) is 20.9. The summed E-state index contributed by atoms with van der Waals surface area (Å²) in [4.78, 5) is 2.28. The zero-order chi connectivity index (χ0) is 24.1. The molecule has 0 amide bonds. The lowest BCUT2D eigenvalue weighted by Crippen LogP contribution is -2.09. The van der Waals surface area contributed by atoms with Crippen LogP contribution >= 0.6 is 0 Å². The molecular formula is C32H37N. The molecule has 1 nitrogen and oxygen atoms in total.